The number of hydrogen-bond acceptors (Lipinski definition) is 4. The molecule has 2 heterocycles. The van der Waals surface area contributed by atoms with Crippen LogP contribution in [0.25, 0.3) is 0 Å². The van der Waals surface area contributed by atoms with Crippen molar-refractivity contribution in [3.8, 4) is 0 Å². The number of nitrogens with one attached hydrogen (secondary N) is 1. The summed E-state index contributed by atoms with van der Waals surface area (Å²) in [6, 6.07) is 1.96. The molecule has 118 valence electrons. The average Bonchev–Trinajstić information content (AvgIpc) is 2.75. The van der Waals surface area contributed by atoms with E-state index in [9.17, 15) is 4.79 Å². The van der Waals surface area contributed by atoms with E-state index < -0.39 is 0 Å². The Morgan fingerprint density at radius 2 is 2.19 bits per heavy atom. The van der Waals surface area contributed by atoms with Crippen LogP contribution < -0.4 is 11.1 Å². The fourth-order valence-electron chi connectivity index (χ4n) is 2.50. The van der Waals surface area contributed by atoms with Crippen molar-refractivity contribution >= 4 is 6.03 Å². The van der Waals surface area contributed by atoms with Gasteiger partial charge >= 0.3 is 6.03 Å². The zero-order chi connectivity index (χ0) is 15.6. The summed E-state index contributed by atoms with van der Waals surface area (Å²) in [5, 5.41) is 7.37. The van der Waals surface area contributed by atoms with Gasteiger partial charge in [-0.2, -0.15) is 5.10 Å². The zero-order valence-corrected chi connectivity index (χ0v) is 13.4. The van der Waals surface area contributed by atoms with E-state index in [0.717, 1.165) is 31.9 Å². The Kier molecular flexibility index (Phi) is 4.53. The molecular formula is C14H26N6O. The van der Waals surface area contributed by atoms with Gasteiger partial charge in [-0.05, 0) is 19.9 Å². The molecule has 2 amide bonds. The van der Waals surface area contributed by atoms with Crippen LogP contribution in [0.1, 0.15) is 25.2 Å². The van der Waals surface area contributed by atoms with Gasteiger partial charge in [0.25, 0.3) is 0 Å². The van der Waals surface area contributed by atoms with Gasteiger partial charge in [-0.15, -0.1) is 0 Å². The number of nitrogens with two attached hydrogens (primary N) is 1. The van der Waals surface area contributed by atoms with Crippen LogP contribution in [0, 0.1) is 0 Å². The average molecular weight is 294 g/mol. The molecule has 1 aromatic rings. The summed E-state index contributed by atoms with van der Waals surface area (Å²) in [6.07, 6.45) is 0. The smallest absolute Gasteiger partial charge is 0.317 e. The Hall–Kier alpha value is -1.60. The topological polar surface area (TPSA) is 79.4 Å². The highest BCUT2D eigenvalue weighted by Crippen LogP contribution is 2.15. The van der Waals surface area contributed by atoms with E-state index in [4.69, 9.17) is 5.73 Å². The number of fused-ring (bicyclic) bond motifs is 1. The molecule has 0 saturated carbocycles. The molecule has 1 aromatic heterocycles. The third-order valence-electron chi connectivity index (χ3n) is 3.39. The fourth-order valence-corrected chi connectivity index (χ4v) is 2.50. The summed E-state index contributed by atoms with van der Waals surface area (Å²) in [7, 11) is 3.44. The third-order valence-corrected chi connectivity index (χ3v) is 3.39. The molecule has 7 nitrogen and oxygen atoms in total. The van der Waals surface area contributed by atoms with Gasteiger partial charge in [0.15, 0.2) is 0 Å². The quantitative estimate of drug-likeness (QED) is 0.832. The van der Waals surface area contributed by atoms with Gasteiger partial charge in [0, 0.05) is 39.3 Å². The highest BCUT2D eigenvalue weighted by molar-refractivity contribution is 5.73. The maximum Gasteiger partial charge on any atom is 0.317 e. The van der Waals surface area contributed by atoms with Crippen LogP contribution in [0.3, 0.4) is 0 Å². The van der Waals surface area contributed by atoms with E-state index in [-0.39, 0.29) is 11.6 Å². The highest BCUT2D eigenvalue weighted by Gasteiger charge is 2.22. The molecule has 0 fully saturated rings. The van der Waals surface area contributed by atoms with E-state index in [1.807, 2.05) is 18.5 Å². The van der Waals surface area contributed by atoms with Gasteiger partial charge in [0.05, 0.1) is 24.5 Å². The highest BCUT2D eigenvalue weighted by atomic mass is 16.2. The maximum atomic E-state index is 11.5. The summed E-state index contributed by atoms with van der Waals surface area (Å²) < 4.78 is 2.02. The van der Waals surface area contributed by atoms with Crippen molar-refractivity contribution in [2.24, 2.45) is 5.73 Å². The van der Waals surface area contributed by atoms with Crippen molar-refractivity contribution in [1.82, 2.24) is 24.9 Å². The predicted octanol–water partition coefficient (Wildman–Crippen LogP) is 0.207. The molecule has 0 aliphatic carbocycles. The largest absolute Gasteiger partial charge is 0.332 e. The van der Waals surface area contributed by atoms with Crippen LogP contribution in [-0.4, -0.2) is 58.3 Å². The van der Waals surface area contributed by atoms with Crippen molar-refractivity contribution in [2.75, 3.05) is 27.2 Å². The summed E-state index contributed by atoms with van der Waals surface area (Å²) in [5.74, 6) is 0. The number of rotatable bonds is 4. The molecule has 0 saturated heterocycles. The Bertz CT molecular complexity index is 502. The summed E-state index contributed by atoms with van der Waals surface area (Å²) in [4.78, 5) is 15.4. The van der Waals surface area contributed by atoms with Gasteiger partial charge in [-0.1, -0.05) is 0 Å². The van der Waals surface area contributed by atoms with Crippen molar-refractivity contribution in [2.45, 2.75) is 39.0 Å². The summed E-state index contributed by atoms with van der Waals surface area (Å²) >= 11 is 0. The van der Waals surface area contributed by atoms with Gasteiger partial charge in [0.1, 0.15) is 0 Å². The lowest BCUT2D eigenvalue weighted by atomic mass is 10.1. The van der Waals surface area contributed by atoms with Crippen molar-refractivity contribution in [3.05, 3.63) is 17.5 Å². The first-order valence-electron chi connectivity index (χ1n) is 7.26. The molecule has 0 radical (unpaired) electrons. The zero-order valence-electron chi connectivity index (χ0n) is 13.4. The Balaban J connectivity index is 1.94. The molecule has 0 atom stereocenters. The second kappa shape index (κ2) is 6.03. The first kappa shape index (κ1) is 15.8. The van der Waals surface area contributed by atoms with E-state index in [2.05, 4.69) is 21.4 Å². The number of carbonyl (C=O) groups excluding carboxylic acids is 1. The van der Waals surface area contributed by atoms with E-state index in [1.54, 1.807) is 14.1 Å². The standard InChI is InChI=1S/C14H26N6O/c1-14(2,15)10-19-5-6-20-12(9-19)7-11(17-20)8-16-13(21)18(3)4/h7H,5-6,8-10,15H2,1-4H3,(H,16,21). The van der Waals surface area contributed by atoms with Crippen molar-refractivity contribution in [1.29, 1.82) is 0 Å². The fraction of sp³-hybridized carbons (Fsp3) is 0.714. The summed E-state index contributed by atoms with van der Waals surface area (Å²) in [5.41, 5.74) is 7.97. The van der Waals surface area contributed by atoms with Crippen molar-refractivity contribution < 1.29 is 4.79 Å². The summed E-state index contributed by atoms with van der Waals surface area (Å²) in [6.45, 7) is 8.09. The van der Waals surface area contributed by atoms with E-state index in [1.165, 1.54) is 10.6 Å². The number of hydrogen-bond donors (Lipinski definition) is 2. The molecule has 0 bridgehead atoms. The minimum absolute atomic E-state index is 0.104. The van der Waals surface area contributed by atoms with Gasteiger partial charge < -0.3 is 16.0 Å². The Labute approximate surface area is 126 Å². The number of nitrogens with zero attached hydrogens (tertiary/aromatic N) is 4. The molecular weight excluding hydrogens is 268 g/mol. The van der Waals surface area contributed by atoms with E-state index in [0.29, 0.717) is 6.54 Å². The van der Waals surface area contributed by atoms with Crippen LogP contribution in [-0.2, 0) is 19.6 Å². The second-order valence-electron chi connectivity index (χ2n) is 6.60. The lowest BCUT2D eigenvalue weighted by Gasteiger charge is -2.32. The van der Waals surface area contributed by atoms with Gasteiger partial charge in [-0.25, -0.2) is 4.79 Å². The van der Waals surface area contributed by atoms with Crippen molar-refractivity contribution in [3.63, 3.8) is 0 Å². The normalized spacial score (nSPS) is 15.7. The minimum atomic E-state index is -0.190. The molecule has 2 rings (SSSR count). The first-order chi connectivity index (χ1) is 9.74. The third kappa shape index (κ3) is 4.44. The molecule has 0 unspecified atom stereocenters. The number of carbonyl (C=O) groups is 1. The molecule has 1 aliphatic heterocycles. The Morgan fingerprint density at radius 3 is 2.81 bits per heavy atom. The lowest BCUT2D eigenvalue weighted by molar-refractivity contribution is 0.179. The van der Waals surface area contributed by atoms with Crippen LogP contribution >= 0.6 is 0 Å². The monoisotopic (exact) mass is 294 g/mol. The number of amides is 2. The van der Waals surface area contributed by atoms with Crippen LogP contribution in [0.4, 0.5) is 4.79 Å². The minimum Gasteiger partial charge on any atom is -0.332 e. The molecule has 0 spiro atoms. The lowest BCUT2D eigenvalue weighted by Crippen LogP contribution is -2.47. The molecule has 3 N–H and O–H groups in total. The molecule has 1 aliphatic rings. The van der Waals surface area contributed by atoms with Crippen LogP contribution in [0.15, 0.2) is 6.07 Å². The maximum absolute atomic E-state index is 11.5. The number of urea groups is 1. The molecule has 21 heavy (non-hydrogen) atoms. The van der Waals surface area contributed by atoms with E-state index >= 15 is 0 Å². The predicted molar refractivity (Wildman–Crippen MR) is 81.7 cm³/mol. The second-order valence-corrected chi connectivity index (χ2v) is 6.60. The molecule has 0 aromatic carbocycles. The van der Waals surface area contributed by atoms with Crippen LogP contribution in [0.2, 0.25) is 0 Å². The Morgan fingerprint density at radius 1 is 1.48 bits per heavy atom. The first-order valence-corrected chi connectivity index (χ1v) is 7.26. The van der Waals surface area contributed by atoms with Crippen LogP contribution in [0.5, 0.6) is 0 Å². The van der Waals surface area contributed by atoms with Gasteiger partial charge in [0.2, 0.25) is 0 Å². The number of aromatic nitrogens is 2. The molecule has 7 heteroatoms. The SMILES string of the molecule is CN(C)C(=O)NCc1cc2n(n1)CCN(CC(C)(C)N)C2. The van der Waals surface area contributed by atoms with Gasteiger partial charge in [-0.3, -0.25) is 9.58 Å².